The Balaban J connectivity index is 2.68. The molecule has 0 aliphatic carbocycles. The zero-order chi connectivity index (χ0) is 11.4. The molecule has 0 atom stereocenters. The highest BCUT2D eigenvalue weighted by Gasteiger charge is 2.14. The van der Waals surface area contributed by atoms with Crippen LogP contribution in [0, 0.1) is 0 Å². The van der Waals surface area contributed by atoms with E-state index in [2.05, 4.69) is 5.32 Å². The lowest BCUT2D eigenvalue weighted by atomic mass is 10.3. The molecular formula is C9H11NO4S. The summed E-state index contributed by atoms with van der Waals surface area (Å²) in [6.45, 7) is 3.43. The van der Waals surface area contributed by atoms with Gasteiger partial charge < -0.3 is 9.84 Å². The van der Waals surface area contributed by atoms with Crippen molar-refractivity contribution in [3.8, 4) is 0 Å². The summed E-state index contributed by atoms with van der Waals surface area (Å²) in [6.07, 6.45) is -0.881. The van der Waals surface area contributed by atoms with Crippen molar-refractivity contribution in [2.75, 3.05) is 5.32 Å². The molecule has 0 fully saturated rings. The molecule has 0 saturated heterocycles. The second-order valence-electron chi connectivity index (χ2n) is 3.05. The van der Waals surface area contributed by atoms with Gasteiger partial charge in [-0.2, -0.15) is 0 Å². The minimum Gasteiger partial charge on any atom is -0.478 e. The molecule has 6 heteroatoms. The van der Waals surface area contributed by atoms with Crippen molar-refractivity contribution in [3.05, 3.63) is 17.0 Å². The fraction of sp³-hybridized carbons (Fsp3) is 0.333. The molecule has 1 heterocycles. The van der Waals surface area contributed by atoms with Crippen LogP contribution in [0.5, 0.6) is 0 Å². The van der Waals surface area contributed by atoms with Crippen LogP contribution in [-0.2, 0) is 4.74 Å². The minimum atomic E-state index is -1.07. The second-order valence-corrected chi connectivity index (χ2v) is 3.96. The number of amides is 1. The van der Waals surface area contributed by atoms with Crippen molar-refractivity contribution in [3.63, 3.8) is 0 Å². The van der Waals surface area contributed by atoms with Crippen LogP contribution in [0.1, 0.15) is 24.2 Å². The molecule has 0 spiro atoms. The predicted octanol–water partition coefficient (Wildman–Crippen LogP) is 2.40. The molecule has 1 aromatic heterocycles. The molecular weight excluding hydrogens is 218 g/mol. The maximum atomic E-state index is 11.2. The number of hydrogen-bond donors (Lipinski definition) is 2. The number of carbonyl (C=O) groups excluding carboxylic acids is 1. The van der Waals surface area contributed by atoms with Gasteiger partial charge in [-0.05, 0) is 25.3 Å². The Morgan fingerprint density at radius 3 is 2.73 bits per heavy atom. The first-order valence-corrected chi connectivity index (χ1v) is 5.17. The van der Waals surface area contributed by atoms with Crippen LogP contribution < -0.4 is 5.32 Å². The molecule has 0 radical (unpaired) electrons. The molecule has 1 amide bonds. The molecule has 5 nitrogen and oxygen atoms in total. The fourth-order valence-electron chi connectivity index (χ4n) is 0.911. The Morgan fingerprint density at radius 2 is 2.20 bits per heavy atom. The standard InChI is InChI=1S/C9H11NO4S/c1-5(2)14-9(13)10-7-6(8(11)12)3-4-15-7/h3-5H,1-2H3,(H,10,13)(H,11,12). The van der Waals surface area contributed by atoms with E-state index in [9.17, 15) is 9.59 Å². The van der Waals surface area contributed by atoms with Crippen molar-refractivity contribution in [2.45, 2.75) is 20.0 Å². The van der Waals surface area contributed by atoms with Crippen molar-refractivity contribution in [2.24, 2.45) is 0 Å². The number of hydrogen-bond acceptors (Lipinski definition) is 4. The SMILES string of the molecule is CC(C)OC(=O)Nc1sccc1C(=O)O. The molecule has 0 unspecified atom stereocenters. The predicted molar refractivity (Wildman–Crippen MR) is 56.5 cm³/mol. The molecule has 82 valence electrons. The number of carboxylic acid groups (broad SMARTS) is 1. The normalized spacial score (nSPS) is 10.1. The number of ether oxygens (including phenoxy) is 1. The molecule has 2 N–H and O–H groups in total. The third-order valence-electron chi connectivity index (χ3n) is 1.45. The summed E-state index contributed by atoms with van der Waals surface area (Å²) < 4.78 is 4.82. The third-order valence-corrected chi connectivity index (χ3v) is 2.28. The summed E-state index contributed by atoms with van der Waals surface area (Å²) in [5, 5.41) is 13.0. The van der Waals surface area contributed by atoms with Gasteiger partial charge in [0.1, 0.15) is 5.00 Å². The van der Waals surface area contributed by atoms with Gasteiger partial charge in [0.2, 0.25) is 0 Å². The van der Waals surface area contributed by atoms with E-state index in [1.54, 1.807) is 19.2 Å². The van der Waals surface area contributed by atoms with E-state index in [-0.39, 0.29) is 16.7 Å². The van der Waals surface area contributed by atoms with Gasteiger partial charge in [0, 0.05) is 0 Å². The van der Waals surface area contributed by atoms with E-state index in [1.807, 2.05) is 0 Å². The lowest BCUT2D eigenvalue weighted by molar-refractivity contribution is 0.0698. The van der Waals surface area contributed by atoms with Gasteiger partial charge in [-0.1, -0.05) is 0 Å². The maximum absolute atomic E-state index is 11.2. The summed E-state index contributed by atoms with van der Waals surface area (Å²) in [5.41, 5.74) is 0.0701. The van der Waals surface area contributed by atoms with Crippen molar-refractivity contribution in [1.29, 1.82) is 0 Å². The first kappa shape index (κ1) is 11.5. The van der Waals surface area contributed by atoms with Crippen LogP contribution in [0.25, 0.3) is 0 Å². The molecule has 0 bridgehead atoms. The number of nitrogens with one attached hydrogen (secondary N) is 1. The Kier molecular flexibility index (Phi) is 3.68. The van der Waals surface area contributed by atoms with Crippen LogP contribution in [0.4, 0.5) is 9.80 Å². The number of thiophene rings is 1. The zero-order valence-electron chi connectivity index (χ0n) is 8.31. The lowest BCUT2D eigenvalue weighted by Crippen LogP contribution is -2.18. The third kappa shape index (κ3) is 3.25. The fourth-order valence-corrected chi connectivity index (χ4v) is 1.68. The molecule has 0 saturated carbocycles. The summed E-state index contributed by atoms with van der Waals surface area (Å²) in [4.78, 5) is 21.9. The quantitative estimate of drug-likeness (QED) is 0.834. The Hall–Kier alpha value is -1.56. The summed E-state index contributed by atoms with van der Waals surface area (Å²) >= 11 is 1.14. The summed E-state index contributed by atoms with van der Waals surface area (Å²) in [6, 6.07) is 1.43. The van der Waals surface area contributed by atoms with Gasteiger partial charge in [-0.15, -0.1) is 11.3 Å². The van der Waals surface area contributed by atoms with Gasteiger partial charge >= 0.3 is 12.1 Å². The summed E-state index contributed by atoms with van der Waals surface area (Å²) in [5.74, 6) is -1.07. The van der Waals surface area contributed by atoms with Crippen LogP contribution >= 0.6 is 11.3 Å². The Morgan fingerprint density at radius 1 is 1.53 bits per heavy atom. The molecule has 0 aromatic carbocycles. The van der Waals surface area contributed by atoms with Gasteiger partial charge in [0.05, 0.1) is 11.7 Å². The Labute approximate surface area is 90.7 Å². The first-order chi connectivity index (χ1) is 7.00. The maximum Gasteiger partial charge on any atom is 0.412 e. The number of carbonyl (C=O) groups is 2. The Bertz CT molecular complexity index is 372. The smallest absolute Gasteiger partial charge is 0.412 e. The number of carboxylic acids is 1. The van der Waals surface area contributed by atoms with Gasteiger partial charge in [-0.25, -0.2) is 9.59 Å². The zero-order valence-corrected chi connectivity index (χ0v) is 9.13. The number of anilines is 1. The van der Waals surface area contributed by atoms with Crippen molar-refractivity contribution < 1.29 is 19.4 Å². The number of aromatic carboxylic acids is 1. The van der Waals surface area contributed by atoms with Crippen molar-refractivity contribution >= 4 is 28.4 Å². The van der Waals surface area contributed by atoms with Crippen LogP contribution in [-0.4, -0.2) is 23.3 Å². The van der Waals surface area contributed by atoms with Crippen LogP contribution in [0.15, 0.2) is 11.4 Å². The van der Waals surface area contributed by atoms with Crippen molar-refractivity contribution in [1.82, 2.24) is 0 Å². The van der Waals surface area contributed by atoms with E-state index < -0.39 is 12.1 Å². The van der Waals surface area contributed by atoms with E-state index >= 15 is 0 Å². The average Bonchev–Trinajstić information content (AvgIpc) is 2.50. The second kappa shape index (κ2) is 4.79. The molecule has 1 rings (SSSR count). The first-order valence-electron chi connectivity index (χ1n) is 4.29. The highest BCUT2D eigenvalue weighted by atomic mass is 32.1. The highest BCUT2D eigenvalue weighted by Crippen LogP contribution is 2.23. The van der Waals surface area contributed by atoms with Crippen LogP contribution in [0.2, 0.25) is 0 Å². The van der Waals surface area contributed by atoms with E-state index in [0.29, 0.717) is 0 Å². The highest BCUT2D eigenvalue weighted by molar-refractivity contribution is 7.14. The molecule has 1 aromatic rings. The van der Waals surface area contributed by atoms with Gasteiger partial charge in [0.25, 0.3) is 0 Å². The van der Waals surface area contributed by atoms with Gasteiger partial charge in [0.15, 0.2) is 0 Å². The van der Waals surface area contributed by atoms with Crippen LogP contribution in [0.3, 0.4) is 0 Å². The summed E-state index contributed by atoms with van der Waals surface area (Å²) in [7, 11) is 0. The topological polar surface area (TPSA) is 75.6 Å². The molecule has 0 aliphatic heterocycles. The minimum absolute atomic E-state index is 0.0701. The number of rotatable bonds is 3. The monoisotopic (exact) mass is 229 g/mol. The lowest BCUT2D eigenvalue weighted by Gasteiger charge is -2.08. The van der Waals surface area contributed by atoms with E-state index in [4.69, 9.17) is 9.84 Å². The molecule has 0 aliphatic rings. The molecule has 15 heavy (non-hydrogen) atoms. The van der Waals surface area contributed by atoms with E-state index in [0.717, 1.165) is 11.3 Å². The van der Waals surface area contributed by atoms with E-state index in [1.165, 1.54) is 6.07 Å². The largest absolute Gasteiger partial charge is 0.478 e. The average molecular weight is 229 g/mol. The van der Waals surface area contributed by atoms with Gasteiger partial charge in [-0.3, -0.25) is 5.32 Å².